The number of carbonyl (C=O) groups excluding carboxylic acids is 2. The third-order valence-electron chi connectivity index (χ3n) is 14.9. The van der Waals surface area contributed by atoms with Crippen LogP contribution in [0.5, 0.6) is 0 Å². The minimum absolute atomic E-state index is 0.0110. The quantitative estimate of drug-likeness (QED) is 0.0728. The van der Waals surface area contributed by atoms with Crippen molar-refractivity contribution in [2.45, 2.75) is 138 Å². The summed E-state index contributed by atoms with van der Waals surface area (Å²) in [5.74, 6) is -3.76. The molecule has 3 heterocycles. The number of piperidine rings is 2. The molecule has 0 bridgehead atoms. The van der Waals surface area contributed by atoms with E-state index < -0.39 is 84.7 Å². The Balaban J connectivity index is 1.23. The molecular weight excluding hydrogens is 738 g/mol. The second-order valence-electron chi connectivity index (χ2n) is 18.0. The van der Waals surface area contributed by atoms with E-state index in [9.17, 15) is 30.3 Å². The molecule has 0 amide bonds. The number of aliphatic hydroxyl groups is 5. The lowest BCUT2D eigenvalue weighted by molar-refractivity contribution is -0.347. The van der Waals surface area contributed by atoms with Gasteiger partial charge in [-0.1, -0.05) is 13.3 Å². The highest BCUT2D eigenvalue weighted by Gasteiger charge is 2.63. The Morgan fingerprint density at radius 1 is 0.930 bits per heavy atom. The van der Waals surface area contributed by atoms with E-state index in [4.69, 9.17) is 31.4 Å². The zero-order valence-corrected chi connectivity index (χ0v) is 34.0. The molecule has 3 saturated carbocycles. The number of hydrogen-bond donors (Lipinski definition) is 11. The monoisotopic (exact) mass is 810 g/mol. The molecule has 0 radical (unpaired) electrons. The number of nitrogens with two attached hydrogens (primary N) is 3. The fourth-order valence-corrected chi connectivity index (χ4v) is 11.6. The summed E-state index contributed by atoms with van der Waals surface area (Å²) in [5.41, 5.74) is 16.2. The van der Waals surface area contributed by atoms with Gasteiger partial charge in [-0.2, -0.15) is 0 Å². The number of rotatable bonds is 13. The molecule has 6 fully saturated rings. The summed E-state index contributed by atoms with van der Waals surface area (Å²) < 4.78 is 18.5. The predicted molar refractivity (Wildman–Crippen MR) is 210 cm³/mol. The number of nitrogens with one attached hydrogen (secondary N) is 3. The summed E-state index contributed by atoms with van der Waals surface area (Å²) in [6.45, 7) is 3.12. The summed E-state index contributed by atoms with van der Waals surface area (Å²) in [5, 5.41) is 67.0. The van der Waals surface area contributed by atoms with Gasteiger partial charge in [0.05, 0.1) is 49.1 Å². The summed E-state index contributed by atoms with van der Waals surface area (Å²) >= 11 is 0. The highest BCUT2D eigenvalue weighted by Crippen LogP contribution is 2.53. The Hall–Kier alpha value is -1.87. The summed E-state index contributed by atoms with van der Waals surface area (Å²) in [6.07, 6.45) is -2.35. The molecular formula is C40H71N7O10. The summed E-state index contributed by atoms with van der Waals surface area (Å²) in [7, 11) is 3.13. The topological polar surface area (TPSA) is 289 Å². The average molecular weight is 810 g/mol. The second-order valence-corrected chi connectivity index (χ2v) is 18.0. The van der Waals surface area contributed by atoms with Gasteiger partial charge in [-0.05, 0) is 94.5 Å². The lowest BCUT2D eigenvalue weighted by atomic mass is 9.51. The molecule has 6 aliphatic rings. The number of nitrogens with zero attached hydrogens (tertiary/aromatic N) is 1. The van der Waals surface area contributed by atoms with Crippen LogP contribution in [0.3, 0.4) is 0 Å². The van der Waals surface area contributed by atoms with Gasteiger partial charge < -0.3 is 72.9 Å². The van der Waals surface area contributed by atoms with E-state index in [1.54, 1.807) is 14.2 Å². The van der Waals surface area contributed by atoms with Crippen LogP contribution in [0.2, 0.25) is 0 Å². The van der Waals surface area contributed by atoms with Crippen molar-refractivity contribution < 1.29 is 49.3 Å². The number of fused-ring (bicyclic) bond motifs is 2. The number of methoxy groups -OCH3 is 1. The Morgan fingerprint density at radius 3 is 2.35 bits per heavy atom. The van der Waals surface area contributed by atoms with Crippen LogP contribution < -0.4 is 33.2 Å². The smallest absolute Gasteiger partial charge is 0.188 e. The van der Waals surface area contributed by atoms with E-state index in [2.05, 4.69) is 20.9 Å². The molecule has 17 nitrogen and oxygen atoms in total. The molecule has 3 aliphatic carbocycles. The van der Waals surface area contributed by atoms with E-state index in [-0.39, 0.29) is 67.0 Å². The molecule has 14 N–H and O–H groups in total. The molecule has 17 heteroatoms. The number of Topliss-reactive ketones (excluding diaryl/α,β-unsaturated/α-hetero) is 2. The fraction of sp³-hybridized carbons (Fsp3) is 0.925. The number of carbonyl (C=O) groups is 2. The van der Waals surface area contributed by atoms with Crippen molar-refractivity contribution >= 4 is 17.5 Å². The molecule has 326 valence electrons. The van der Waals surface area contributed by atoms with Gasteiger partial charge in [0.15, 0.2) is 12.2 Å². The molecule has 0 aromatic rings. The highest BCUT2D eigenvalue weighted by atomic mass is 16.7. The fourth-order valence-electron chi connectivity index (χ4n) is 11.6. The van der Waals surface area contributed by atoms with Crippen molar-refractivity contribution in [3.8, 4) is 0 Å². The molecule has 19 unspecified atom stereocenters. The van der Waals surface area contributed by atoms with Gasteiger partial charge in [-0.25, -0.2) is 0 Å². The molecule has 0 aromatic heterocycles. The maximum Gasteiger partial charge on any atom is 0.188 e. The van der Waals surface area contributed by atoms with Crippen LogP contribution in [0.25, 0.3) is 0 Å². The van der Waals surface area contributed by atoms with Gasteiger partial charge in [0.25, 0.3) is 0 Å². The van der Waals surface area contributed by atoms with Crippen LogP contribution in [0.1, 0.15) is 77.6 Å². The van der Waals surface area contributed by atoms with E-state index >= 15 is 4.79 Å². The molecule has 3 aliphatic heterocycles. The van der Waals surface area contributed by atoms with Crippen molar-refractivity contribution in [3.05, 3.63) is 0 Å². The SMILES string of the molecule is CCC1C(OC)CC(OC2OC(CO)C(O)(CCC3CCNC(N)C3)C(O)C2O)C2C(=O)C3C(CC(CCC4CCC(N)NC4)C(CNC(N)=NC)C3O)C(=O)C12. The standard InChI is InChI=1S/C40H71N7O10/c1-4-22-25(55-3)15-26(56-38-36(52)37(53)40(54,27(18-48)57-38)11-9-19-10-12-45-29(42)13-19)32-30(22)33(49)23-14-21(7-5-20-6-8-28(41)46-16-20)24(17-47-39(43)44-2)34(50)31(23)35(32)51/h19-32,34,36-38,45-46,48,50,52-54H,4-18,41-42H2,1-3H3,(H3,43,44,47). The number of guanidine groups is 1. The number of aliphatic hydroxyl groups excluding tert-OH is 4. The van der Waals surface area contributed by atoms with Crippen molar-refractivity contribution in [1.82, 2.24) is 16.0 Å². The Labute approximate surface area is 336 Å². The second kappa shape index (κ2) is 19.2. The van der Waals surface area contributed by atoms with Gasteiger partial charge in [0.1, 0.15) is 35.5 Å². The first kappa shape index (κ1) is 44.7. The van der Waals surface area contributed by atoms with Crippen molar-refractivity contribution in [3.63, 3.8) is 0 Å². The Morgan fingerprint density at radius 2 is 1.70 bits per heavy atom. The van der Waals surface area contributed by atoms with Crippen LogP contribution in [0, 0.1) is 53.3 Å². The molecule has 0 aromatic carbocycles. The van der Waals surface area contributed by atoms with Crippen LogP contribution >= 0.6 is 0 Å². The van der Waals surface area contributed by atoms with Crippen LogP contribution in [0.15, 0.2) is 4.99 Å². The van der Waals surface area contributed by atoms with Crippen LogP contribution in [0.4, 0.5) is 0 Å². The summed E-state index contributed by atoms with van der Waals surface area (Å²) in [6, 6.07) is 0. The third-order valence-corrected chi connectivity index (χ3v) is 14.9. The van der Waals surface area contributed by atoms with Crippen molar-refractivity contribution in [2.75, 3.05) is 40.4 Å². The van der Waals surface area contributed by atoms with Crippen LogP contribution in [-0.2, 0) is 23.8 Å². The minimum atomic E-state index is -1.98. The number of ether oxygens (including phenoxy) is 3. The Bertz CT molecular complexity index is 1390. The zero-order valence-electron chi connectivity index (χ0n) is 34.0. The molecule has 3 saturated heterocycles. The predicted octanol–water partition coefficient (Wildman–Crippen LogP) is -1.74. The average Bonchev–Trinajstić information content (AvgIpc) is 3.20. The van der Waals surface area contributed by atoms with E-state index in [0.717, 1.165) is 45.2 Å². The minimum Gasteiger partial charge on any atom is -0.394 e. The number of hydrogen-bond acceptors (Lipinski definition) is 15. The van der Waals surface area contributed by atoms with E-state index in [0.29, 0.717) is 31.6 Å². The van der Waals surface area contributed by atoms with E-state index in [1.165, 1.54) is 0 Å². The maximum absolute atomic E-state index is 15.0. The third kappa shape index (κ3) is 9.25. The molecule has 6 rings (SSSR count). The largest absolute Gasteiger partial charge is 0.394 e. The maximum atomic E-state index is 15.0. The normalized spacial score (nSPS) is 46.9. The van der Waals surface area contributed by atoms with Gasteiger partial charge in [0.2, 0.25) is 0 Å². The lowest BCUT2D eigenvalue weighted by Gasteiger charge is -2.55. The van der Waals surface area contributed by atoms with Gasteiger partial charge in [-0.15, -0.1) is 0 Å². The first-order valence-corrected chi connectivity index (χ1v) is 21.5. The van der Waals surface area contributed by atoms with Crippen LogP contribution in [-0.4, -0.2) is 144 Å². The first-order valence-electron chi connectivity index (χ1n) is 21.5. The molecule has 19 atom stereocenters. The molecule has 57 heavy (non-hydrogen) atoms. The van der Waals surface area contributed by atoms with Crippen molar-refractivity contribution in [1.29, 1.82) is 0 Å². The number of ketones is 2. The summed E-state index contributed by atoms with van der Waals surface area (Å²) in [4.78, 5) is 34.0. The molecule has 0 spiro atoms. The number of aliphatic imine (C=N–C) groups is 1. The van der Waals surface area contributed by atoms with E-state index in [1.807, 2.05) is 6.92 Å². The first-order chi connectivity index (χ1) is 27.3. The van der Waals surface area contributed by atoms with Gasteiger partial charge in [0, 0.05) is 44.9 Å². The Kier molecular flexibility index (Phi) is 15.1. The van der Waals surface area contributed by atoms with Gasteiger partial charge >= 0.3 is 0 Å². The zero-order chi connectivity index (χ0) is 41.2. The van der Waals surface area contributed by atoms with Crippen molar-refractivity contribution in [2.24, 2.45) is 75.5 Å². The van der Waals surface area contributed by atoms with Gasteiger partial charge in [-0.3, -0.25) is 14.6 Å². The lowest BCUT2D eigenvalue weighted by Crippen LogP contribution is -2.69. The highest BCUT2D eigenvalue weighted by molar-refractivity contribution is 6.01.